The first kappa shape index (κ1) is 10.6. The Hall–Kier alpha value is -0.890. The van der Waals surface area contributed by atoms with Crippen molar-refractivity contribution >= 4 is 0 Å². The Balaban J connectivity index is 2.21. The third-order valence-corrected chi connectivity index (χ3v) is 3.28. The molecule has 1 unspecified atom stereocenters. The molecule has 0 spiro atoms. The second kappa shape index (κ2) is 4.31. The summed E-state index contributed by atoms with van der Waals surface area (Å²) in [6.07, 6.45) is 3.64. The summed E-state index contributed by atoms with van der Waals surface area (Å²) in [5.41, 5.74) is 7.64. The van der Waals surface area contributed by atoms with Crippen LogP contribution in [0.1, 0.15) is 36.3 Å². The zero-order valence-electron chi connectivity index (χ0n) is 9.17. The van der Waals surface area contributed by atoms with Crippen molar-refractivity contribution in [3.63, 3.8) is 0 Å². The van der Waals surface area contributed by atoms with Crippen LogP contribution in [0.3, 0.4) is 0 Å². The monoisotopic (exact) mass is 207 g/mol. The fraction of sp³-hybridized carbons (Fsp3) is 0.538. The summed E-state index contributed by atoms with van der Waals surface area (Å²) in [5.74, 6) is 1.23. The molecule has 0 radical (unpaired) electrons. The van der Waals surface area contributed by atoms with E-state index in [1.807, 2.05) is 19.1 Å². The van der Waals surface area contributed by atoms with E-state index in [0.29, 0.717) is 5.92 Å². The summed E-state index contributed by atoms with van der Waals surface area (Å²) in [7, 11) is 0. The number of aryl methyl sites for hydroxylation is 1. The molecule has 1 atom stereocenters. The van der Waals surface area contributed by atoms with Crippen LogP contribution in [-0.2, 0) is 0 Å². The average molecular weight is 207 g/mol. The third-order valence-electron chi connectivity index (χ3n) is 3.28. The van der Waals surface area contributed by atoms with Gasteiger partial charge in [-0.15, -0.1) is 0 Å². The molecule has 1 saturated carbocycles. The minimum absolute atomic E-state index is 0.110. The van der Waals surface area contributed by atoms with Gasteiger partial charge in [0.15, 0.2) is 0 Å². The van der Waals surface area contributed by atoms with Crippen molar-refractivity contribution in [1.29, 1.82) is 0 Å². The van der Waals surface area contributed by atoms with Crippen LogP contribution < -0.4 is 5.73 Å². The van der Waals surface area contributed by atoms with Crippen molar-refractivity contribution in [2.75, 3.05) is 6.54 Å². The molecule has 0 saturated heterocycles. The highest BCUT2D eigenvalue weighted by atomic mass is 19.1. The maximum Gasteiger partial charge on any atom is 0.126 e. The lowest BCUT2D eigenvalue weighted by molar-refractivity contribution is 0.560. The molecule has 82 valence electrons. The van der Waals surface area contributed by atoms with Gasteiger partial charge >= 0.3 is 0 Å². The highest BCUT2D eigenvalue weighted by Crippen LogP contribution is 2.44. The number of hydrogen-bond acceptors (Lipinski definition) is 1. The standard InChI is InChI=1S/C13H18FN/c1-9-8-11(4-5-13(9)14)12(6-7-15)10-2-3-10/h4-5,8,10,12H,2-3,6-7,15H2,1H3. The Morgan fingerprint density at radius 1 is 1.47 bits per heavy atom. The number of rotatable bonds is 4. The van der Waals surface area contributed by atoms with Crippen LogP contribution in [0.5, 0.6) is 0 Å². The summed E-state index contributed by atoms with van der Waals surface area (Å²) in [6.45, 7) is 2.54. The van der Waals surface area contributed by atoms with Crippen LogP contribution in [0, 0.1) is 18.7 Å². The van der Waals surface area contributed by atoms with Crippen molar-refractivity contribution in [2.24, 2.45) is 11.7 Å². The van der Waals surface area contributed by atoms with Crippen molar-refractivity contribution in [3.05, 3.63) is 35.1 Å². The number of hydrogen-bond donors (Lipinski definition) is 1. The summed E-state index contributed by atoms with van der Waals surface area (Å²) in [6, 6.07) is 5.48. The summed E-state index contributed by atoms with van der Waals surface area (Å²) in [4.78, 5) is 0. The van der Waals surface area contributed by atoms with E-state index in [9.17, 15) is 4.39 Å². The highest BCUT2D eigenvalue weighted by Gasteiger charge is 2.31. The molecule has 1 aromatic rings. The smallest absolute Gasteiger partial charge is 0.126 e. The maximum absolute atomic E-state index is 13.1. The van der Waals surface area contributed by atoms with Crippen LogP contribution in [0.15, 0.2) is 18.2 Å². The van der Waals surface area contributed by atoms with Gasteiger partial charge in [-0.05, 0) is 61.8 Å². The lowest BCUT2D eigenvalue weighted by atomic mass is 9.90. The predicted molar refractivity (Wildman–Crippen MR) is 60.3 cm³/mol. The average Bonchev–Trinajstić information content (AvgIpc) is 3.02. The summed E-state index contributed by atoms with van der Waals surface area (Å²) < 4.78 is 13.1. The van der Waals surface area contributed by atoms with Crippen LogP contribution in [0.2, 0.25) is 0 Å². The van der Waals surface area contributed by atoms with Gasteiger partial charge in [0.2, 0.25) is 0 Å². The predicted octanol–water partition coefficient (Wildman–Crippen LogP) is 2.98. The van der Waals surface area contributed by atoms with Crippen molar-refractivity contribution in [3.8, 4) is 0 Å². The molecule has 1 aliphatic carbocycles. The number of benzene rings is 1. The molecule has 1 aliphatic rings. The fourth-order valence-corrected chi connectivity index (χ4v) is 2.25. The van der Waals surface area contributed by atoms with E-state index >= 15 is 0 Å². The van der Waals surface area contributed by atoms with Gasteiger partial charge in [0.25, 0.3) is 0 Å². The molecular formula is C13H18FN. The van der Waals surface area contributed by atoms with Gasteiger partial charge in [0, 0.05) is 0 Å². The summed E-state index contributed by atoms with van der Waals surface area (Å²) in [5, 5.41) is 0. The van der Waals surface area contributed by atoms with Crippen molar-refractivity contribution in [2.45, 2.75) is 32.1 Å². The first-order valence-corrected chi connectivity index (χ1v) is 5.68. The van der Waals surface area contributed by atoms with Crippen LogP contribution in [0.25, 0.3) is 0 Å². The van der Waals surface area contributed by atoms with Crippen LogP contribution >= 0.6 is 0 Å². The largest absolute Gasteiger partial charge is 0.330 e. The van der Waals surface area contributed by atoms with Gasteiger partial charge in [-0.2, -0.15) is 0 Å². The van der Waals surface area contributed by atoms with E-state index in [-0.39, 0.29) is 5.82 Å². The SMILES string of the molecule is Cc1cc(C(CCN)C2CC2)ccc1F. The molecule has 0 amide bonds. The molecule has 0 aromatic heterocycles. The molecule has 15 heavy (non-hydrogen) atoms. The Bertz CT molecular complexity index is 344. The summed E-state index contributed by atoms with van der Waals surface area (Å²) >= 11 is 0. The van der Waals surface area contributed by atoms with E-state index in [4.69, 9.17) is 5.73 Å². The molecule has 0 aliphatic heterocycles. The number of halogens is 1. The van der Waals surface area contributed by atoms with Gasteiger partial charge in [-0.25, -0.2) is 4.39 Å². The molecule has 2 rings (SSSR count). The molecule has 2 heteroatoms. The molecule has 1 nitrogen and oxygen atoms in total. The zero-order valence-corrected chi connectivity index (χ0v) is 9.17. The van der Waals surface area contributed by atoms with E-state index < -0.39 is 0 Å². The Labute approximate surface area is 90.5 Å². The molecular weight excluding hydrogens is 189 g/mol. The normalized spacial score (nSPS) is 17.8. The molecule has 2 N–H and O–H groups in total. The molecule has 1 aromatic carbocycles. The van der Waals surface area contributed by atoms with Crippen molar-refractivity contribution < 1.29 is 4.39 Å². The minimum atomic E-state index is -0.110. The van der Waals surface area contributed by atoms with Gasteiger partial charge in [-0.1, -0.05) is 12.1 Å². The molecule has 1 fully saturated rings. The lowest BCUT2D eigenvalue weighted by Gasteiger charge is -2.16. The van der Waals surface area contributed by atoms with E-state index in [2.05, 4.69) is 0 Å². The van der Waals surface area contributed by atoms with E-state index in [0.717, 1.165) is 24.4 Å². The van der Waals surface area contributed by atoms with Crippen LogP contribution in [-0.4, -0.2) is 6.54 Å². The van der Waals surface area contributed by atoms with Gasteiger partial charge in [0.1, 0.15) is 5.82 Å². The lowest BCUT2D eigenvalue weighted by Crippen LogP contribution is -2.09. The highest BCUT2D eigenvalue weighted by molar-refractivity contribution is 5.28. The number of nitrogens with two attached hydrogens (primary N) is 1. The van der Waals surface area contributed by atoms with Crippen LogP contribution in [0.4, 0.5) is 4.39 Å². The fourth-order valence-electron chi connectivity index (χ4n) is 2.25. The first-order valence-electron chi connectivity index (χ1n) is 5.68. The third kappa shape index (κ3) is 2.37. The van der Waals surface area contributed by atoms with E-state index in [1.165, 1.54) is 18.4 Å². The molecule has 0 heterocycles. The maximum atomic E-state index is 13.1. The Morgan fingerprint density at radius 2 is 2.20 bits per heavy atom. The Morgan fingerprint density at radius 3 is 2.73 bits per heavy atom. The van der Waals surface area contributed by atoms with Gasteiger partial charge < -0.3 is 5.73 Å². The van der Waals surface area contributed by atoms with E-state index in [1.54, 1.807) is 6.07 Å². The first-order chi connectivity index (χ1) is 7.22. The zero-order chi connectivity index (χ0) is 10.8. The Kier molecular flexibility index (Phi) is 3.06. The quantitative estimate of drug-likeness (QED) is 0.807. The second-order valence-electron chi connectivity index (χ2n) is 4.53. The topological polar surface area (TPSA) is 26.0 Å². The van der Waals surface area contributed by atoms with Crippen molar-refractivity contribution in [1.82, 2.24) is 0 Å². The second-order valence-corrected chi connectivity index (χ2v) is 4.53. The van der Waals surface area contributed by atoms with Gasteiger partial charge in [-0.3, -0.25) is 0 Å². The minimum Gasteiger partial charge on any atom is -0.330 e. The van der Waals surface area contributed by atoms with Gasteiger partial charge in [0.05, 0.1) is 0 Å². The molecule has 0 bridgehead atoms.